The number of amides is 1. The zero-order valence-corrected chi connectivity index (χ0v) is 13.7. The molecule has 0 bridgehead atoms. The second-order valence-electron chi connectivity index (χ2n) is 6.33. The third kappa shape index (κ3) is 3.97. The summed E-state index contributed by atoms with van der Waals surface area (Å²) in [6, 6.07) is 6.01. The molecule has 3 rings (SSSR count). The number of aryl methyl sites for hydroxylation is 1. The molecule has 1 amide bonds. The van der Waals surface area contributed by atoms with E-state index in [2.05, 4.69) is 28.2 Å². The van der Waals surface area contributed by atoms with Crippen molar-refractivity contribution in [1.29, 1.82) is 0 Å². The molecule has 23 heavy (non-hydrogen) atoms. The van der Waals surface area contributed by atoms with Crippen LogP contribution in [0.1, 0.15) is 47.9 Å². The van der Waals surface area contributed by atoms with Crippen molar-refractivity contribution >= 4 is 5.91 Å². The van der Waals surface area contributed by atoms with Gasteiger partial charge in [-0.1, -0.05) is 19.4 Å². The second kappa shape index (κ2) is 7.40. The van der Waals surface area contributed by atoms with Gasteiger partial charge in [0.05, 0.1) is 0 Å². The average molecular weight is 312 g/mol. The van der Waals surface area contributed by atoms with Crippen molar-refractivity contribution in [3.8, 4) is 0 Å². The van der Waals surface area contributed by atoms with Gasteiger partial charge in [0.1, 0.15) is 5.69 Å². The van der Waals surface area contributed by atoms with E-state index in [-0.39, 0.29) is 5.91 Å². The Hall–Kier alpha value is -2.17. The Bertz CT molecular complexity index is 629. The van der Waals surface area contributed by atoms with E-state index in [0.29, 0.717) is 11.6 Å². The number of hydrogen-bond donors (Lipinski definition) is 1. The van der Waals surface area contributed by atoms with Gasteiger partial charge in [0, 0.05) is 31.2 Å². The molecule has 0 saturated carbocycles. The minimum absolute atomic E-state index is 0.0587. The normalized spacial score (nSPS) is 15.8. The van der Waals surface area contributed by atoms with Crippen LogP contribution in [0.5, 0.6) is 0 Å². The molecule has 0 unspecified atom stereocenters. The number of nitrogens with zero attached hydrogens (tertiary/aromatic N) is 3. The van der Waals surface area contributed by atoms with E-state index < -0.39 is 0 Å². The van der Waals surface area contributed by atoms with Crippen LogP contribution in [-0.4, -0.2) is 39.1 Å². The van der Waals surface area contributed by atoms with Crippen LogP contribution in [0.2, 0.25) is 0 Å². The summed E-state index contributed by atoms with van der Waals surface area (Å²) in [6.45, 7) is 3.76. The molecule has 5 heteroatoms. The second-order valence-corrected chi connectivity index (χ2v) is 6.33. The van der Waals surface area contributed by atoms with E-state index in [0.717, 1.165) is 50.9 Å². The molecule has 1 fully saturated rings. The van der Waals surface area contributed by atoms with Gasteiger partial charge in [0.25, 0.3) is 5.91 Å². The Balaban J connectivity index is 1.52. The predicted molar refractivity (Wildman–Crippen MR) is 89.2 cm³/mol. The number of likely N-dealkylation sites (tertiary alicyclic amines) is 1. The lowest BCUT2D eigenvalue weighted by Crippen LogP contribution is -2.39. The number of carbonyl (C=O) groups excluding carboxylic acids is 1. The molecule has 122 valence electrons. The van der Waals surface area contributed by atoms with Crippen molar-refractivity contribution in [2.24, 2.45) is 5.92 Å². The maximum absolute atomic E-state index is 12.5. The molecule has 0 radical (unpaired) electrons. The Morgan fingerprint density at radius 3 is 2.91 bits per heavy atom. The number of hydrogen-bond acceptors (Lipinski definition) is 3. The third-order valence-corrected chi connectivity index (χ3v) is 4.52. The molecule has 1 aliphatic rings. The quantitative estimate of drug-likeness (QED) is 0.923. The van der Waals surface area contributed by atoms with E-state index in [1.54, 1.807) is 6.20 Å². The molecule has 2 aromatic heterocycles. The van der Waals surface area contributed by atoms with Crippen LogP contribution in [0, 0.1) is 5.92 Å². The molecule has 3 heterocycles. The highest BCUT2D eigenvalue weighted by atomic mass is 16.2. The Morgan fingerprint density at radius 2 is 2.22 bits per heavy atom. The maximum atomic E-state index is 12.5. The van der Waals surface area contributed by atoms with Gasteiger partial charge < -0.3 is 4.90 Å². The highest BCUT2D eigenvalue weighted by Crippen LogP contribution is 2.22. The molecular formula is C18H24N4O. The lowest BCUT2D eigenvalue weighted by molar-refractivity contribution is 0.0684. The molecular weight excluding hydrogens is 288 g/mol. The van der Waals surface area contributed by atoms with E-state index >= 15 is 0 Å². The van der Waals surface area contributed by atoms with Crippen LogP contribution in [0.25, 0.3) is 0 Å². The van der Waals surface area contributed by atoms with E-state index in [9.17, 15) is 4.79 Å². The number of nitrogens with one attached hydrogen (secondary N) is 1. The SMILES string of the molecule is CCCc1cc(C(=O)N2CCC(Cc3cccnc3)CC2)n[nH]1. The molecule has 2 aromatic rings. The fraction of sp³-hybridized carbons (Fsp3) is 0.500. The number of aromatic nitrogens is 3. The Kier molecular flexibility index (Phi) is 5.05. The summed E-state index contributed by atoms with van der Waals surface area (Å²) in [5.74, 6) is 0.696. The predicted octanol–water partition coefficient (Wildman–Crippen LogP) is 2.85. The Morgan fingerprint density at radius 1 is 1.39 bits per heavy atom. The van der Waals surface area contributed by atoms with Gasteiger partial charge in [0.2, 0.25) is 0 Å². The first-order chi connectivity index (χ1) is 11.3. The fourth-order valence-electron chi connectivity index (χ4n) is 3.22. The minimum atomic E-state index is 0.0587. The monoisotopic (exact) mass is 312 g/mol. The topological polar surface area (TPSA) is 61.9 Å². The Labute approximate surface area is 137 Å². The van der Waals surface area contributed by atoms with Gasteiger partial charge >= 0.3 is 0 Å². The molecule has 5 nitrogen and oxygen atoms in total. The van der Waals surface area contributed by atoms with Gasteiger partial charge in [-0.05, 0) is 49.3 Å². The number of rotatable bonds is 5. The summed E-state index contributed by atoms with van der Waals surface area (Å²) in [7, 11) is 0. The number of H-pyrrole nitrogens is 1. The van der Waals surface area contributed by atoms with Gasteiger partial charge in [-0.3, -0.25) is 14.9 Å². The van der Waals surface area contributed by atoms with E-state index in [1.807, 2.05) is 23.2 Å². The van der Waals surface area contributed by atoms with Gasteiger partial charge in [-0.2, -0.15) is 5.10 Å². The standard InChI is InChI=1S/C18H24N4O/c1-2-4-16-12-17(21-20-16)18(23)22-9-6-14(7-10-22)11-15-5-3-8-19-13-15/h3,5,8,12-14H,2,4,6-7,9-11H2,1H3,(H,20,21). The van der Waals surface area contributed by atoms with Crippen molar-refractivity contribution in [2.45, 2.75) is 39.0 Å². The molecule has 1 aliphatic heterocycles. The fourth-order valence-corrected chi connectivity index (χ4v) is 3.22. The summed E-state index contributed by atoms with van der Waals surface area (Å²) in [6.07, 6.45) is 8.89. The summed E-state index contributed by atoms with van der Waals surface area (Å²) >= 11 is 0. The molecule has 1 N–H and O–H groups in total. The number of pyridine rings is 1. The summed E-state index contributed by atoms with van der Waals surface area (Å²) in [4.78, 5) is 18.6. The lowest BCUT2D eigenvalue weighted by atomic mass is 9.90. The number of piperidine rings is 1. The van der Waals surface area contributed by atoms with Gasteiger partial charge in [-0.15, -0.1) is 0 Å². The van der Waals surface area contributed by atoms with Crippen LogP contribution in [-0.2, 0) is 12.8 Å². The highest BCUT2D eigenvalue weighted by Gasteiger charge is 2.25. The summed E-state index contributed by atoms with van der Waals surface area (Å²) in [5, 5.41) is 7.14. The first-order valence-electron chi connectivity index (χ1n) is 8.48. The van der Waals surface area contributed by atoms with Gasteiger partial charge in [-0.25, -0.2) is 0 Å². The highest BCUT2D eigenvalue weighted by molar-refractivity contribution is 5.92. The summed E-state index contributed by atoms with van der Waals surface area (Å²) in [5.41, 5.74) is 2.88. The minimum Gasteiger partial charge on any atom is -0.337 e. The van der Waals surface area contributed by atoms with Crippen LogP contribution >= 0.6 is 0 Å². The van der Waals surface area contributed by atoms with Crippen molar-refractivity contribution in [2.75, 3.05) is 13.1 Å². The molecule has 0 atom stereocenters. The van der Waals surface area contributed by atoms with Gasteiger partial charge in [0.15, 0.2) is 0 Å². The smallest absolute Gasteiger partial charge is 0.274 e. The zero-order valence-electron chi connectivity index (χ0n) is 13.7. The molecule has 0 aliphatic carbocycles. The van der Waals surface area contributed by atoms with E-state index in [1.165, 1.54) is 5.56 Å². The van der Waals surface area contributed by atoms with Crippen LogP contribution in [0.4, 0.5) is 0 Å². The average Bonchev–Trinajstić information content (AvgIpc) is 3.05. The van der Waals surface area contributed by atoms with Crippen molar-refractivity contribution < 1.29 is 4.79 Å². The molecule has 0 spiro atoms. The lowest BCUT2D eigenvalue weighted by Gasteiger charge is -2.31. The van der Waals surface area contributed by atoms with Crippen molar-refractivity contribution in [3.63, 3.8) is 0 Å². The zero-order chi connectivity index (χ0) is 16.1. The number of aromatic amines is 1. The molecule has 0 aromatic carbocycles. The van der Waals surface area contributed by atoms with E-state index in [4.69, 9.17) is 0 Å². The number of carbonyl (C=O) groups is 1. The van der Waals surface area contributed by atoms with Crippen LogP contribution in [0.3, 0.4) is 0 Å². The van der Waals surface area contributed by atoms with Crippen molar-refractivity contribution in [3.05, 3.63) is 47.5 Å². The maximum Gasteiger partial charge on any atom is 0.274 e. The first kappa shape index (κ1) is 15.7. The van der Waals surface area contributed by atoms with Crippen molar-refractivity contribution in [1.82, 2.24) is 20.1 Å². The third-order valence-electron chi connectivity index (χ3n) is 4.52. The van der Waals surface area contributed by atoms with Crippen LogP contribution in [0.15, 0.2) is 30.6 Å². The largest absolute Gasteiger partial charge is 0.337 e. The van der Waals surface area contributed by atoms with Crippen LogP contribution < -0.4 is 0 Å². The summed E-state index contributed by atoms with van der Waals surface area (Å²) < 4.78 is 0. The molecule has 1 saturated heterocycles. The first-order valence-corrected chi connectivity index (χ1v) is 8.48.